The molecule has 1 unspecified atom stereocenters. The lowest BCUT2D eigenvalue weighted by atomic mass is 9.78. The maximum absolute atomic E-state index is 6.34. The first-order valence-corrected chi connectivity index (χ1v) is 7.04. The molecule has 0 aliphatic heterocycles. The lowest BCUT2D eigenvalue weighted by Crippen LogP contribution is -2.25. The van der Waals surface area contributed by atoms with Crippen molar-refractivity contribution in [1.29, 1.82) is 0 Å². The molecule has 1 aliphatic carbocycles. The Hall–Kier alpha value is -0.240. The van der Waals surface area contributed by atoms with Crippen LogP contribution in [-0.2, 0) is 0 Å². The molecule has 2 rings (SSSR count). The highest BCUT2D eigenvalue weighted by Crippen LogP contribution is 2.39. The molecule has 94 valence electrons. The van der Waals surface area contributed by atoms with Gasteiger partial charge >= 0.3 is 0 Å². The molecule has 1 fully saturated rings. The predicted molar refractivity (Wildman–Crippen MR) is 74.5 cm³/mol. The molecule has 0 saturated heterocycles. The molecule has 1 aliphatic rings. The molecule has 3 heteroatoms. The number of benzene rings is 1. The van der Waals surface area contributed by atoms with E-state index in [1.165, 1.54) is 25.7 Å². The fraction of sp³-hybridized carbons (Fsp3) is 0.571. The molecule has 0 aromatic heterocycles. The smallest absolute Gasteiger partial charge is 0.0640 e. The van der Waals surface area contributed by atoms with E-state index in [-0.39, 0.29) is 6.04 Å². The summed E-state index contributed by atoms with van der Waals surface area (Å²) in [5, 5.41) is 1.23. The van der Waals surface area contributed by atoms with Gasteiger partial charge in [0.1, 0.15) is 0 Å². The van der Waals surface area contributed by atoms with Crippen molar-refractivity contribution in [2.24, 2.45) is 17.6 Å². The maximum atomic E-state index is 6.34. The quantitative estimate of drug-likeness (QED) is 0.820. The summed E-state index contributed by atoms with van der Waals surface area (Å²) >= 11 is 12.3. The van der Waals surface area contributed by atoms with E-state index in [4.69, 9.17) is 28.9 Å². The van der Waals surface area contributed by atoms with Gasteiger partial charge in [0.2, 0.25) is 0 Å². The number of hydrogen-bond donors (Lipinski definition) is 1. The second-order valence-corrected chi connectivity index (χ2v) is 5.97. The molecule has 17 heavy (non-hydrogen) atoms. The fourth-order valence-electron chi connectivity index (χ4n) is 2.68. The average Bonchev–Trinajstić information content (AvgIpc) is 2.33. The molecule has 0 heterocycles. The third-order valence-corrected chi connectivity index (χ3v) is 4.74. The summed E-state index contributed by atoms with van der Waals surface area (Å²) in [5.41, 5.74) is 7.34. The lowest BCUT2D eigenvalue weighted by Gasteiger charge is -2.31. The van der Waals surface area contributed by atoms with Crippen molar-refractivity contribution in [2.75, 3.05) is 0 Å². The van der Waals surface area contributed by atoms with Crippen LogP contribution >= 0.6 is 23.2 Å². The minimum absolute atomic E-state index is 0.0219. The molecule has 1 nitrogen and oxygen atoms in total. The second-order valence-electron chi connectivity index (χ2n) is 5.19. The zero-order valence-electron chi connectivity index (χ0n) is 10.1. The number of halogens is 2. The van der Waals surface area contributed by atoms with Crippen molar-refractivity contribution in [3.05, 3.63) is 33.8 Å². The Morgan fingerprint density at radius 1 is 1.18 bits per heavy atom. The minimum Gasteiger partial charge on any atom is -0.324 e. The van der Waals surface area contributed by atoms with E-state index < -0.39 is 0 Å². The van der Waals surface area contributed by atoms with E-state index in [9.17, 15) is 0 Å². The van der Waals surface area contributed by atoms with Crippen molar-refractivity contribution in [3.63, 3.8) is 0 Å². The Balaban J connectivity index is 2.14. The minimum atomic E-state index is 0.0219. The lowest BCUT2D eigenvalue weighted by molar-refractivity contribution is 0.256. The molecule has 0 bridgehead atoms. The number of hydrogen-bond acceptors (Lipinski definition) is 1. The summed E-state index contributed by atoms with van der Waals surface area (Å²) < 4.78 is 0. The van der Waals surface area contributed by atoms with E-state index in [1.54, 1.807) is 0 Å². The van der Waals surface area contributed by atoms with Crippen molar-refractivity contribution in [1.82, 2.24) is 0 Å². The molecule has 2 N–H and O–H groups in total. The van der Waals surface area contributed by atoms with Gasteiger partial charge < -0.3 is 5.73 Å². The summed E-state index contributed by atoms with van der Waals surface area (Å²) in [7, 11) is 0. The number of nitrogens with two attached hydrogens (primary N) is 1. The van der Waals surface area contributed by atoms with E-state index in [0.717, 1.165) is 11.5 Å². The summed E-state index contributed by atoms with van der Waals surface area (Å²) in [6.45, 7) is 2.31. The highest BCUT2D eigenvalue weighted by atomic mass is 35.5. The summed E-state index contributed by atoms with van der Waals surface area (Å²) in [6, 6.07) is 5.75. The number of rotatable bonds is 2. The van der Waals surface area contributed by atoms with Gasteiger partial charge in [0.15, 0.2) is 0 Å². The monoisotopic (exact) mass is 271 g/mol. The summed E-state index contributed by atoms with van der Waals surface area (Å²) in [4.78, 5) is 0. The van der Waals surface area contributed by atoms with Crippen LogP contribution in [0.5, 0.6) is 0 Å². The first-order valence-electron chi connectivity index (χ1n) is 6.29. The van der Waals surface area contributed by atoms with Crippen LogP contribution in [0.3, 0.4) is 0 Å². The predicted octanol–water partition coefficient (Wildman–Crippen LogP) is 4.82. The third kappa shape index (κ3) is 2.96. The van der Waals surface area contributed by atoms with E-state index in [0.29, 0.717) is 16.0 Å². The van der Waals surface area contributed by atoms with Crippen LogP contribution < -0.4 is 5.73 Å². The Kier molecular flexibility index (Phi) is 4.35. The zero-order chi connectivity index (χ0) is 12.4. The molecule has 0 spiro atoms. The van der Waals surface area contributed by atoms with Gasteiger partial charge in [0.05, 0.1) is 10.0 Å². The summed E-state index contributed by atoms with van der Waals surface area (Å²) in [5.74, 6) is 1.38. The first kappa shape index (κ1) is 13.2. The molecule has 0 amide bonds. The van der Waals surface area contributed by atoms with Crippen LogP contribution in [0.4, 0.5) is 0 Å². The Labute approximate surface area is 113 Å². The first-order chi connectivity index (χ1) is 8.09. The van der Waals surface area contributed by atoms with Gasteiger partial charge in [-0.05, 0) is 36.3 Å². The highest BCUT2D eigenvalue weighted by molar-refractivity contribution is 6.42. The van der Waals surface area contributed by atoms with Gasteiger partial charge in [-0.1, -0.05) is 55.1 Å². The Morgan fingerprint density at radius 3 is 2.47 bits per heavy atom. The molecule has 1 saturated carbocycles. The van der Waals surface area contributed by atoms with Crippen molar-refractivity contribution in [3.8, 4) is 0 Å². The van der Waals surface area contributed by atoms with Crippen LogP contribution in [0.1, 0.15) is 44.2 Å². The van der Waals surface area contributed by atoms with Gasteiger partial charge in [-0.25, -0.2) is 0 Å². The van der Waals surface area contributed by atoms with Gasteiger partial charge in [-0.3, -0.25) is 0 Å². The largest absolute Gasteiger partial charge is 0.324 e. The van der Waals surface area contributed by atoms with E-state index in [1.807, 2.05) is 18.2 Å². The maximum Gasteiger partial charge on any atom is 0.0640 e. The topological polar surface area (TPSA) is 26.0 Å². The van der Waals surface area contributed by atoms with E-state index >= 15 is 0 Å². The third-order valence-electron chi connectivity index (χ3n) is 3.91. The molecule has 1 aromatic rings. The SMILES string of the molecule is CC1CCC(C(N)c2cccc(Cl)c2Cl)CC1. The summed E-state index contributed by atoms with van der Waals surface area (Å²) in [6.07, 6.45) is 4.95. The van der Waals surface area contributed by atoms with Crippen LogP contribution in [-0.4, -0.2) is 0 Å². The van der Waals surface area contributed by atoms with Gasteiger partial charge in [0, 0.05) is 6.04 Å². The van der Waals surface area contributed by atoms with Crippen molar-refractivity contribution >= 4 is 23.2 Å². The Morgan fingerprint density at radius 2 is 1.82 bits per heavy atom. The molecular formula is C14H19Cl2N. The fourth-order valence-corrected chi connectivity index (χ4v) is 3.11. The van der Waals surface area contributed by atoms with Crippen molar-refractivity contribution in [2.45, 2.75) is 38.6 Å². The van der Waals surface area contributed by atoms with Gasteiger partial charge in [-0.2, -0.15) is 0 Å². The van der Waals surface area contributed by atoms with E-state index in [2.05, 4.69) is 6.92 Å². The molecule has 1 aromatic carbocycles. The van der Waals surface area contributed by atoms with Gasteiger partial charge in [-0.15, -0.1) is 0 Å². The zero-order valence-corrected chi connectivity index (χ0v) is 11.6. The van der Waals surface area contributed by atoms with Crippen molar-refractivity contribution < 1.29 is 0 Å². The molecular weight excluding hydrogens is 253 g/mol. The van der Waals surface area contributed by atoms with Crippen LogP contribution in [0.2, 0.25) is 10.0 Å². The standard InChI is InChI=1S/C14H19Cl2N/c1-9-5-7-10(8-6-9)14(17)11-3-2-4-12(15)13(11)16/h2-4,9-10,14H,5-8,17H2,1H3. The highest BCUT2D eigenvalue weighted by Gasteiger charge is 2.26. The Bertz CT molecular complexity index is 384. The second kappa shape index (κ2) is 5.60. The average molecular weight is 272 g/mol. The molecule has 0 radical (unpaired) electrons. The van der Waals surface area contributed by atoms with Crippen LogP contribution in [0, 0.1) is 11.8 Å². The van der Waals surface area contributed by atoms with Crippen LogP contribution in [0.25, 0.3) is 0 Å². The molecule has 1 atom stereocenters. The van der Waals surface area contributed by atoms with Crippen LogP contribution in [0.15, 0.2) is 18.2 Å². The van der Waals surface area contributed by atoms with Gasteiger partial charge in [0.25, 0.3) is 0 Å². The normalized spacial score (nSPS) is 26.8.